The summed E-state index contributed by atoms with van der Waals surface area (Å²) in [4.78, 5) is 39.6. The summed E-state index contributed by atoms with van der Waals surface area (Å²) in [5.41, 5.74) is 1.90. The van der Waals surface area contributed by atoms with Crippen molar-refractivity contribution in [1.82, 2.24) is 5.32 Å². The van der Waals surface area contributed by atoms with E-state index in [1.165, 1.54) is 16.3 Å². The zero-order chi connectivity index (χ0) is 36.7. The number of hydrogen-bond donors (Lipinski definition) is 1. The third-order valence-corrected chi connectivity index (χ3v) is 8.28. The summed E-state index contributed by atoms with van der Waals surface area (Å²) < 4.78 is 22.8. The average Bonchev–Trinajstić information content (AvgIpc) is 3.03. The largest absolute Gasteiger partial charge is 0.458 e. The highest BCUT2D eigenvalue weighted by Crippen LogP contribution is 2.20. The van der Waals surface area contributed by atoms with Crippen molar-refractivity contribution in [2.24, 2.45) is 0 Å². The molecule has 0 aliphatic rings. The van der Waals surface area contributed by atoms with Crippen molar-refractivity contribution in [1.29, 1.82) is 0 Å². The molecule has 0 heterocycles. The maximum Gasteiger partial charge on any atom is 0.339 e. The Morgan fingerprint density at radius 1 is 0.700 bits per heavy atom. The molecule has 1 amide bonds. The molecule has 50 heavy (non-hydrogen) atoms. The fourth-order valence-corrected chi connectivity index (χ4v) is 5.62. The number of amides is 1. The van der Waals surface area contributed by atoms with Crippen LogP contribution in [0.15, 0.2) is 60.7 Å². The maximum absolute atomic E-state index is 13.6. The third-order valence-electron chi connectivity index (χ3n) is 7.87. The van der Waals surface area contributed by atoms with E-state index in [1.807, 2.05) is 31.2 Å². The van der Waals surface area contributed by atoms with E-state index < -0.39 is 47.9 Å². The van der Waals surface area contributed by atoms with Crippen LogP contribution in [0.25, 0.3) is 10.8 Å². The van der Waals surface area contributed by atoms with Crippen LogP contribution >= 0.6 is 11.6 Å². The molecular formula is C41H56ClNO7. The van der Waals surface area contributed by atoms with Gasteiger partial charge in [0.2, 0.25) is 0 Å². The van der Waals surface area contributed by atoms with Crippen molar-refractivity contribution in [3.8, 4) is 0 Å². The predicted molar refractivity (Wildman–Crippen MR) is 199 cm³/mol. The van der Waals surface area contributed by atoms with Crippen LogP contribution in [0, 0.1) is 6.92 Å². The van der Waals surface area contributed by atoms with Gasteiger partial charge in [0.25, 0.3) is 5.91 Å². The number of aryl methyl sites for hydroxylation is 3. The summed E-state index contributed by atoms with van der Waals surface area (Å²) >= 11 is 6.28. The number of carbonyl (C=O) groups excluding carboxylic acids is 3. The molecule has 3 aromatic rings. The Morgan fingerprint density at radius 3 is 1.98 bits per heavy atom. The summed E-state index contributed by atoms with van der Waals surface area (Å²) in [7, 11) is 0. The summed E-state index contributed by atoms with van der Waals surface area (Å²) in [6.45, 7) is 12.5. The van der Waals surface area contributed by atoms with Crippen LogP contribution in [0.3, 0.4) is 0 Å². The number of ether oxygens (including phenoxy) is 4. The smallest absolute Gasteiger partial charge is 0.339 e. The highest BCUT2D eigenvalue weighted by atomic mass is 35.5. The fraction of sp³-hybridized carbons (Fsp3) is 0.537. The van der Waals surface area contributed by atoms with Gasteiger partial charge in [0.1, 0.15) is 17.8 Å². The molecule has 2 atom stereocenters. The van der Waals surface area contributed by atoms with Crippen LogP contribution in [-0.4, -0.2) is 61.0 Å². The van der Waals surface area contributed by atoms with Gasteiger partial charge in [-0.25, -0.2) is 9.59 Å². The molecule has 3 aromatic carbocycles. The Labute approximate surface area is 303 Å². The lowest BCUT2D eigenvalue weighted by atomic mass is 10.0. The number of carbonyl (C=O) groups is 3. The van der Waals surface area contributed by atoms with E-state index in [0.717, 1.165) is 61.1 Å². The molecule has 1 N–H and O–H groups in total. The lowest BCUT2D eigenvalue weighted by Gasteiger charge is -2.29. The fourth-order valence-electron chi connectivity index (χ4n) is 5.42. The standard InChI is InChI=1S/C41H56ClNO7/c1-29-20-21-31(27-34(29)42)17-11-9-15-25-47-36(37(39(46)50-41(5,6)7)48-28-35(44)49-40(2,3)4)38(45)43-24-14-8-10-16-30-22-23-32-18-12-13-19-33(32)26-30/h12-13,18-23,26-27,36-37H,8-11,14-17,24-25,28H2,1-7H3,(H,43,45)/t36-,37-/m1/s1. The van der Waals surface area contributed by atoms with Crippen molar-refractivity contribution in [2.45, 2.75) is 123 Å². The summed E-state index contributed by atoms with van der Waals surface area (Å²) in [5, 5.41) is 6.14. The van der Waals surface area contributed by atoms with Gasteiger partial charge in [0, 0.05) is 18.2 Å². The van der Waals surface area contributed by atoms with Crippen LogP contribution in [0.5, 0.6) is 0 Å². The number of esters is 2. The molecule has 274 valence electrons. The molecular weight excluding hydrogens is 654 g/mol. The number of halogens is 1. The van der Waals surface area contributed by atoms with Crippen LogP contribution < -0.4 is 5.32 Å². The molecule has 0 fully saturated rings. The quantitative estimate of drug-likeness (QED) is 0.0984. The number of nitrogens with one attached hydrogen (secondary N) is 1. The second-order valence-electron chi connectivity index (χ2n) is 14.8. The van der Waals surface area contributed by atoms with Gasteiger partial charge in [0.05, 0.1) is 0 Å². The van der Waals surface area contributed by atoms with Gasteiger partial charge in [0.15, 0.2) is 12.2 Å². The number of rotatable bonds is 19. The van der Waals surface area contributed by atoms with Crippen molar-refractivity contribution in [2.75, 3.05) is 19.8 Å². The average molecular weight is 710 g/mol. The van der Waals surface area contributed by atoms with Crippen molar-refractivity contribution in [3.63, 3.8) is 0 Å². The molecule has 0 aromatic heterocycles. The first-order valence-corrected chi connectivity index (χ1v) is 18.2. The van der Waals surface area contributed by atoms with Gasteiger partial charge >= 0.3 is 11.9 Å². The van der Waals surface area contributed by atoms with Gasteiger partial charge in [-0.05, 0) is 121 Å². The zero-order valence-corrected chi connectivity index (χ0v) is 31.7. The summed E-state index contributed by atoms with van der Waals surface area (Å²) in [6, 6.07) is 20.9. The molecule has 9 heteroatoms. The molecule has 0 saturated carbocycles. The van der Waals surface area contributed by atoms with Gasteiger partial charge in [-0.2, -0.15) is 0 Å². The van der Waals surface area contributed by atoms with Gasteiger partial charge in [-0.15, -0.1) is 0 Å². The Bertz CT molecular complexity index is 1540. The number of hydrogen-bond acceptors (Lipinski definition) is 7. The Balaban J connectivity index is 1.60. The van der Waals surface area contributed by atoms with Crippen LogP contribution in [0.2, 0.25) is 5.02 Å². The molecule has 0 spiro atoms. The lowest BCUT2D eigenvalue weighted by molar-refractivity contribution is -0.187. The molecule has 0 radical (unpaired) electrons. The van der Waals surface area contributed by atoms with Crippen molar-refractivity contribution in [3.05, 3.63) is 82.4 Å². The zero-order valence-electron chi connectivity index (χ0n) is 30.9. The number of benzene rings is 3. The van der Waals surface area contributed by atoms with Crippen LogP contribution in [0.1, 0.15) is 96.8 Å². The SMILES string of the molecule is Cc1ccc(CCCCCO[C@@H](C(=O)NCCCCCc2ccc3ccccc3c2)[C@@H](OCC(=O)OC(C)(C)C)C(=O)OC(C)(C)C)cc1Cl. The van der Waals surface area contributed by atoms with E-state index in [1.54, 1.807) is 41.5 Å². The molecule has 0 aliphatic carbocycles. The molecule has 0 bridgehead atoms. The molecule has 0 aliphatic heterocycles. The third kappa shape index (κ3) is 15.2. The van der Waals surface area contributed by atoms with E-state index in [2.05, 4.69) is 41.7 Å². The predicted octanol–water partition coefficient (Wildman–Crippen LogP) is 8.50. The van der Waals surface area contributed by atoms with Crippen molar-refractivity contribution >= 4 is 40.2 Å². The van der Waals surface area contributed by atoms with Gasteiger partial charge in [-0.3, -0.25) is 4.79 Å². The minimum Gasteiger partial charge on any atom is -0.458 e. The molecule has 0 saturated heterocycles. The number of unbranched alkanes of at least 4 members (excludes halogenated alkanes) is 4. The summed E-state index contributed by atoms with van der Waals surface area (Å²) in [6.07, 6.45) is 4.07. The van der Waals surface area contributed by atoms with Gasteiger partial charge < -0.3 is 24.3 Å². The maximum atomic E-state index is 13.6. The Kier molecular flexibility index (Phi) is 16.2. The second kappa shape index (κ2) is 19.8. The first kappa shape index (κ1) is 41.0. The van der Waals surface area contributed by atoms with E-state index in [4.69, 9.17) is 30.5 Å². The monoisotopic (exact) mass is 709 g/mol. The van der Waals surface area contributed by atoms with Crippen molar-refractivity contribution < 1.29 is 33.3 Å². The highest BCUT2D eigenvalue weighted by Gasteiger charge is 2.39. The lowest BCUT2D eigenvalue weighted by Crippen LogP contribution is -2.51. The topological polar surface area (TPSA) is 100 Å². The first-order chi connectivity index (χ1) is 23.6. The van der Waals surface area contributed by atoms with Gasteiger partial charge in [-0.1, -0.05) is 79.0 Å². The first-order valence-electron chi connectivity index (χ1n) is 17.8. The molecule has 8 nitrogen and oxygen atoms in total. The highest BCUT2D eigenvalue weighted by molar-refractivity contribution is 6.31. The second-order valence-corrected chi connectivity index (χ2v) is 15.2. The van der Waals surface area contributed by atoms with E-state index >= 15 is 0 Å². The van der Waals surface area contributed by atoms with Crippen LogP contribution in [-0.2, 0) is 46.2 Å². The summed E-state index contributed by atoms with van der Waals surface area (Å²) in [5.74, 6) is -1.94. The minimum atomic E-state index is -1.47. The van der Waals surface area contributed by atoms with E-state index in [0.29, 0.717) is 13.0 Å². The van der Waals surface area contributed by atoms with E-state index in [-0.39, 0.29) is 6.61 Å². The molecule has 3 rings (SSSR count). The Hall–Kier alpha value is -3.46. The Morgan fingerprint density at radius 2 is 1.32 bits per heavy atom. The number of fused-ring (bicyclic) bond motifs is 1. The normalized spacial score (nSPS) is 13.1. The molecule has 0 unspecified atom stereocenters. The minimum absolute atomic E-state index is 0.216. The van der Waals surface area contributed by atoms with E-state index in [9.17, 15) is 14.4 Å². The van der Waals surface area contributed by atoms with Crippen LogP contribution in [0.4, 0.5) is 0 Å².